The van der Waals surface area contributed by atoms with E-state index in [1.54, 1.807) is 0 Å². The molecule has 0 amide bonds. The highest BCUT2D eigenvalue weighted by Gasteiger charge is 2.23. The van der Waals surface area contributed by atoms with E-state index < -0.39 is 11.6 Å². The fourth-order valence-electron chi connectivity index (χ4n) is 2.62. The lowest BCUT2D eigenvalue weighted by Gasteiger charge is -2.29. The predicted molar refractivity (Wildman–Crippen MR) is 80.7 cm³/mol. The molecule has 1 aliphatic carbocycles. The van der Waals surface area contributed by atoms with Crippen molar-refractivity contribution in [2.75, 3.05) is 0 Å². The topological polar surface area (TPSA) is 28.7 Å². The molecule has 1 N–H and O–H groups in total. The number of hydrogen-bond acceptors (Lipinski definition) is 1. The van der Waals surface area contributed by atoms with Crippen molar-refractivity contribution in [3.8, 4) is 0 Å². The first-order chi connectivity index (χ1) is 9.84. The van der Waals surface area contributed by atoms with Crippen LogP contribution in [0.15, 0.2) is 30.4 Å². The number of halogens is 2. The van der Waals surface area contributed by atoms with Crippen LogP contribution >= 0.6 is 0 Å². The monoisotopic (exact) mass is 288 g/mol. The largest absolute Gasteiger partial charge is 0.338 e. The Labute approximate surface area is 122 Å². The fourth-order valence-corrected chi connectivity index (χ4v) is 2.62. The molecule has 0 spiro atoms. The molecule has 0 bridgehead atoms. The van der Waals surface area contributed by atoms with E-state index >= 15 is 0 Å². The molecule has 1 aromatic heterocycles. The third kappa shape index (κ3) is 2.62. The van der Waals surface area contributed by atoms with Crippen LogP contribution in [0.1, 0.15) is 33.0 Å². The van der Waals surface area contributed by atoms with Crippen LogP contribution in [0.5, 0.6) is 0 Å². The van der Waals surface area contributed by atoms with Gasteiger partial charge in [-0.15, -0.1) is 0 Å². The molecular formula is C17H18F2N2. The Morgan fingerprint density at radius 1 is 1.24 bits per heavy atom. The van der Waals surface area contributed by atoms with Gasteiger partial charge in [0.05, 0.1) is 5.52 Å². The van der Waals surface area contributed by atoms with Crippen LogP contribution in [0.3, 0.4) is 0 Å². The Bertz CT molecular complexity index is 748. The van der Waals surface area contributed by atoms with Crippen LogP contribution in [-0.4, -0.2) is 9.97 Å². The second-order valence-corrected chi connectivity index (χ2v) is 6.60. The number of nitrogens with one attached hydrogen (secondary N) is 1. The lowest BCUT2D eigenvalue weighted by atomic mass is 9.76. The number of rotatable bonds is 1. The first-order valence-electron chi connectivity index (χ1n) is 7.08. The summed E-state index contributed by atoms with van der Waals surface area (Å²) in [5, 5.41) is 0. The normalized spacial score (nSPS) is 19.1. The Morgan fingerprint density at radius 3 is 2.62 bits per heavy atom. The first kappa shape index (κ1) is 14.0. The maximum atomic E-state index is 13.7. The molecule has 0 aliphatic heterocycles. The van der Waals surface area contributed by atoms with E-state index in [2.05, 4.69) is 42.9 Å². The number of hydrogen-bond donors (Lipinski definition) is 1. The molecule has 1 heterocycles. The number of H-pyrrole nitrogens is 1. The summed E-state index contributed by atoms with van der Waals surface area (Å²) in [7, 11) is 0. The Morgan fingerprint density at radius 2 is 2.00 bits per heavy atom. The number of aromatic amines is 1. The van der Waals surface area contributed by atoms with Crippen LogP contribution in [0.2, 0.25) is 0 Å². The van der Waals surface area contributed by atoms with Crippen molar-refractivity contribution in [1.82, 2.24) is 9.97 Å². The SMILES string of the molecule is CC(C)(C)C1C=CC(c2nc3c(F)cc(F)cc3[nH]2)=CC1. The van der Waals surface area contributed by atoms with Crippen molar-refractivity contribution < 1.29 is 8.78 Å². The molecule has 1 aromatic carbocycles. The molecule has 21 heavy (non-hydrogen) atoms. The number of fused-ring (bicyclic) bond motifs is 1. The van der Waals surface area contributed by atoms with E-state index in [-0.39, 0.29) is 10.9 Å². The van der Waals surface area contributed by atoms with Crippen molar-refractivity contribution in [2.45, 2.75) is 27.2 Å². The van der Waals surface area contributed by atoms with Crippen LogP contribution in [0.25, 0.3) is 16.6 Å². The number of imidazole rings is 1. The molecule has 0 saturated carbocycles. The van der Waals surface area contributed by atoms with E-state index in [9.17, 15) is 8.78 Å². The molecule has 0 saturated heterocycles. The molecule has 110 valence electrons. The first-order valence-corrected chi connectivity index (χ1v) is 7.08. The number of aromatic nitrogens is 2. The summed E-state index contributed by atoms with van der Waals surface area (Å²) in [5.74, 6) is -0.186. The van der Waals surface area contributed by atoms with Crippen molar-refractivity contribution >= 4 is 16.6 Å². The smallest absolute Gasteiger partial charge is 0.153 e. The Kier molecular flexibility index (Phi) is 3.19. The third-order valence-corrected chi connectivity index (χ3v) is 3.99. The van der Waals surface area contributed by atoms with Crippen LogP contribution < -0.4 is 0 Å². The summed E-state index contributed by atoms with van der Waals surface area (Å²) in [4.78, 5) is 7.24. The van der Waals surface area contributed by atoms with Gasteiger partial charge in [0.15, 0.2) is 5.82 Å². The lowest BCUT2D eigenvalue weighted by Crippen LogP contribution is -2.19. The summed E-state index contributed by atoms with van der Waals surface area (Å²) in [6.07, 6.45) is 7.19. The van der Waals surface area contributed by atoms with Gasteiger partial charge in [-0.25, -0.2) is 13.8 Å². The van der Waals surface area contributed by atoms with Gasteiger partial charge in [-0.05, 0) is 23.8 Å². The molecular weight excluding hydrogens is 270 g/mol. The van der Waals surface area contributed by atoms with Gasteiger partial charge in [-0.2, -0.15) is 0 Å². The highest BCUT2D eigenvalue weighted by atomic mass is 19.1. The third-order valence-electron chi connectivity index (χ3n) is 3.99. The standard InChI is InChI=1S/C17H18F2N2/c1-17(2,3)11-6-4-10(5-7-11)16-20-14-9-12(18)8-13(19)15(14)21-16/h4-6,8-9,11H,7H2,1-3H3,(H,20,21). The highest BCUT2D eigenvalue weighted by molar-refractivity contribution is 5.81. The van der Waals surface area contributed by atoms with Gasteiger partial charge in [0.1, 0.15) is 17.2 Å². The zero-order valence-electron chi connectivity index (χ0n) is 12.4. The van der Waals surface area contributed by atoms with Gasteiger partial charge in [0.25, 0.3) is 0 Å². The van der Waals surface area contributed by atoms with Gasteiger partial charge in [-0.3, -0.25) is 0 Å². The number of benzene rings is 1. The van der Waals surface area contributed by atoms with Crippen LogP contribution in [0.4, 0.5) is 8.78 Å². The summed E-state index contributed by atoms with van der Waals surface area (Å²) in [5.41, 5.74) is 1.70. The number of allylic oxidation sites excluding steroid dienone is 4. The molecule has 1 unspecified atom stereocenters. The van der Waals surface area contributed by atoms with Gasteiger partial charge < -0.3 is 4.98 Å². The molecule has 0 radical (unpaired) electrons. The van der Waals surface area contributed by atoms with Crippen molar-refractivity contribution in [1.29, 1.82) is 0 Å². The van der Waals surface area contributed by atoms with Gasteiger partial charge >= 0.3 is 0 Å². The van der Waals surface area contributed by atoms with Gasteiger partial charge in [0.2, 0.25) is 0 Å². The maximum absolute atomic E-state index is 13.7. The molecule has 2 nitrogen and oxygen atoms in total. The minimum absolute atomic E-state index is 0.179. The van der Waals surface area contributed by atoms with E-state index in [1.165, 1.54) is 6.07 Å². The predicted octanol–water partition coefficient (Wildman–Crippen LogP) is 4.85. The van der Waals surface area contributed by atoms with E-state index in [1.807, 2.05) is 6.08 Å². The van der Waals surface area contributed by atoms with Crippen LogP contribution in [0, 0.1) is 23.0 Å². The Hall–Kier alpha value is -1.97. The zero-order valence-corrected chi connectivity index (χ0v) is 12.4. The number of nitrogens with zero attached hydrogens (tertiary/aromatic N) is 1. The molecule has 1 atom stereocenters. The average Bonchev–Trinajstić information content (AvgIpc) is 2.82. The summed E-state index contributed by atoms with van der Waals surface area (Å²) in [6.45, 7) is 6.63. The zero-order chi connectivity index (χ0) is 15.2. The van der Waals surface area contributed by atoms with Gasteiger partial charge in [-0.1, -0.05) is 39.0 Å². The lowest BCUT2D eigenvalue weighted by molar-refractivity contribution is 0.294. The Balaban J connectivity index is 1.94. The summed E-state index contributed by atoms with van der Waals surface area (Å²) in [6, 6.07) is 2.12. The van der Waals surface area contributed by atoms with E-state index in [4.69, 9.17) is 0 Å². The molecule has 2 aromatic rings. The van der Waals surface area contributed by atoms with Crippen molar-refractivity contribution in [3.63, 3.8) is 0 Å². The van der Waals surface area contributed by atoms with E-state index in [0.29, 0.717) is 17.3 Å². The van der Waals surface area contributed by atoms with E-state index in [0.717, 1.165) is 18.1 Å². The maximum Gasteiger partial charge on any atom is 0.153 e. The summed E-state index contributed by atoms with van der Waals surface area (Å²) < 4.78 is 26.9. The van der Waals surface area contributed by atoms with Gasteiger partial charge in [0, 0.05) is 11.6 Å². The fraction of sp³-hybridized carbons (Fsp3) is 0.353. The van der Waals surface area contributed by atoms with Crippen molar-refractivity contribution in [3.05, 3.63) is 47.8 Å². The summed E-state index contributed by atoms with van der Waals surface area (Å²) >= 11 is 0. The quantitative estimate of drug-likeness (QED) is 0.798. The molecule has 1 aliphatic rings. The average molecular weight is 288 g/mol. The minimum atomic E-state index is -0.638. The molecule has 3 rings (SSSR count). The highest BCUT2D eigenvalue weighted by Crippen LogP contribution is 2.35. The molecule has 4 heteroatoms. The molecule has 0 fully saturated rings. The second kappa shape index (κ2) is 4.79. The van der Waals surface area contributed by atoms with Crippen LogP contribution in [-0.2, 0) is 0 Å². The second-order valence-electron chi connectivity index (χ2n) is 6.60. The minimum Gasteiger partial charge on any atom is -0.338 e. The van der Waals surface area contributed by atoms with Crippen molar-refractivity contribution in [2.24, 2.45) is 11.3 Å².